The second kappa shape index (κ2) is 9.63. The molecule has 0 bridgehead atoms. The highest BCUT2D eigenvalue weighted by molar-refractivity contribution is 6.33. The van der Waals surface area contributed by atoms with E-state index in [2.05, 4.69) is 5.92 Å². The fourth-order valence-electron chi connectivity index (χ4n) is 3.24. The average Bonchev–Trinajstić information content (AvgIpc) is 2.76. The minimum Gasteiger partial charge on any atom is -0.490 e. The first-order chi connectivity index (χ1) is 15.0. The number of hydrogen-bond acceptors (Lipinski definition) is 5. The zero-order valence-corrected chi connectivity index (χ0v) is 17.0. The molecule has 0 atom stereocenters. The van der Waals surface area contributed by atoms with Crippen LogP contribution < -0.4 is 9.47 Å². The molecule has 0 spiro atoms. The Morgan fingerprint density at radius 2 is 1.84 bits per heavy atom. The summed E-state index contributed by atoms with van der Waals surface area (Å²) in [5, 5.41) is 8.98. The largest absolute Gasteiger partial charge is 0.490 e. The standard InChI is InChI=1S/C24H21NO6/c1-3-13-31-20-10-9-16(15-21(20)30-4-2)14-19-17-7-5-6-8-18(17)23(28)25(24(19)29)12-11-22(26)27/h1,5-10,14-15H,4,11-13H2,2H3,(H,26,27)/b19-14-. The molecule has 158 valence electrons. The van der Waals surface area contributed by atoms with Gasteiger partial charge in [-0.1, -0.05) is 30.2 Å². The molecule has 0 aromatic heterocycles. The summed E-state index contributed by atoms with van der Waals surface area (Å²) < 4.78 is 11.1. The summed E-state index contributed by atoms with van der Waals surface area (Å²) in [6.07, 6.45) is 6.57. The molecular formula is C24H21NO6. The molecule has 0 saturated heterocycles. The predicted octanol–water partition coefficient (Wildman–Crippen LogP) is 3.10. The molecule has 7 heteroatoms. The lowest BCUT2D eigenvalue weighted by Crippen LogP contribution is -2.42. The Labute approximate surface area is 179 Å². The molecular weight excluding hydrogens is 398 g/mol. The van der Waals surface area contributed by atoms with Gasteiger partial charge in [-0.3, -0.25) is 19.3 Å². The Kier molecular flexibility index (Phi) is 6.73. The maximum atomic E-state index is 13.1. The van der Waals surface area contributed by atoms with E-state index < -0.39 is 17.8 Å². The van der Waals surface area contributed by atoms with Crippen LogP contribution in [0, 0.1) is 12.3 Å². The van der Waals surface area contributed by atoms with Gasteiger partial charge in [-0.15, -0.1) is 6.42 Å². The van der Waals surface area contributed by atoms with E-state index in [1.165, 1.54) is 0 Å². The molecule has 2 aromatic carbocycles. The molecule has 1 aliphatic heterocycles. The van der Waals surface area contributed by atoms with Gasteiger partial charge in [-0.05, 0) is 42.3 Å². The zero-order valence-electron chi connectivity index (χ0n) is 17.0. The molecule has 31 heavy (non-hydrogen) atoms. The van der Waals surface area contributed by atoms with Crippen molar-refractivity contribution in [1.82, 2.24) is 4.90 Å². The Morgan fingerprint density at radius 1 is 1.10 bits per heavy atom. The first-order valence-electron chi connectivity index (χ1n) is 9.68. The Hall–Kier alpha value is -4.05. The molecule has 7 nitrogen and oxygen atoms in total. The topological polar surface area (TPSA) is 93.1 Å². The molecule has 0 radical (unpaired) electrons. The number of amides is 2. The molecule has 1 heterocycles. The van der Waals surface area contributed by atoms with Crippen molar-refractivity contribution in [1.29, 1.82) is 0 Å². The van der Waals surface area contributed by atoms with Gasteiger partial charge < -0.3 is 14.6 Å². The highest BCUT2D eigenvalue weighted by atomic mass is 16.5. The number of carbonyl (C=O) groups is 3. The maximum Gasteiger partial charge on any atom is 0.305 e. The number of hydrogen-bond donors (Lipinski definition) is 1. The number of aliphatic carboxylic acids is 1. The number of carboxylic acids is 1. The number of ether oxygens (including phenoxy) is 2. The van der Waals surface area contributed by atoms with Gasteiger partial charge in [0.05, 0.1) is 13.0 Å². The minimum atomic E-state index is -1.09. The van der Waals surface area contributed by atoms with Crippen LogP contribution in [0.5, 0.6) is 11.5 Å². The highest BCUT2D eigenvalue weighted by Gasteiger charge is 2.34. The second-order valence-electron chi connectivity index (χ2n) is 6.64. The Morgan fingerprint density at radius 3 is 2.52 bits per heavy atom. The van der Waals surface area contributed by atoms with E-state index in [4.69, 9.17) is 21.0 Å². The lowest BCUT2D eigenvalue weighted by atomic mass is 9.92. The smallest absolute Gasteiger partial charge is 0.305 e. The van der Waals surface area contributed by atoms with Crippen molar-refractivity contribution in [3.8, 4) is 23.8 Å². The number of rotatable bonds is 8. The summed E-state index contributed by atoms with van der Waals surface area (Å²) >= 11 is 0. The van der Waals surface area contributed by atoms with E-state index in [1.807, 2.05) is 6.92 Å². The van der Waals surface area contributed by atoms with Crippen molar-refractivity contribution in [3.05, 3.63) is 59.2 Å². The lowest BCUT2D eigenvalue weighted by Gasteiger charge is -2.28. The van der Waals surface area contributed by atoms with E-state index in [-0.39, 0.29) is 19.6 Å². The van der Waals surface area contributed by atoms with Crippen LogP contribution in [0.25, 0.3) is 11.6 Å². The van der Waals surface area contributed by atoms with Gasteiger partial charge >= 0.3 is 5.97 Å². The van der Waals surface area contributed by atoms with Crippen LogP contribution in [-0.4, -0.2) is 47.5 Å². The third-order valence-corrected chi connectivity index (χ3v) is 4.61. The maximum absolute atomic E-state index is 13.1. The number of carboxylic acid groups (broad SMARTS) is 1. The zero-order chi connectivity index (χ0) is 22.4. The normalized spacial score (nSPS) is 14.2. The van der Waals surface area contributed by atoms with Gasteiger partial charge in [0, 0.05) is 17.7 Å². The van der Waals surface area contributed by atoms with Gasteiger partial charge in [0.15, 0.2) is 11.5 Å². The molecule has 0 saturated carbocycles. The van der Waals surface area contributed by atoms with E-state index in [9.17, 15) is 14.4 Å². The van der Waals surface area contributed by atoms with Gasteiger partial charge in [-0.2, -0.15) is 0 Å². The van der Waals surface area contributed by atoms with Crippen LogP contribution >= 0.6 is 0 Å². The quantitative estimate of drug-likeness (QED) is 0.402. The number of nitrogens with zero attached hydrogens (tertiary/aromatic N) is 1. The predicted molar refractivity (Wildman–Crippen MR) is 115 cm³/mol. The van der Waals surface area contributed by atoms with Crippen LogP contribution in [0.3, 0.4) is 0 Å². The van der Waals surface area contributed by atoms with Gasteiger partial charge in [0.25, 0.3) is 11.8 Å². The van der Waals surface area contributed by atoms with E-state index >= 15 is 0 Å². The van der Waals surface area contributed by atoms with Crippen molar-refractivity contribution >= 4 is 29.4 Å². The molecule has 3 rings (SSSR count). The number of imide groups is 1. The lowest BCUT2D eigenvalue weighted by molar-refractivity contribution is -0.137. The molecule has 0 unspecified atom stereocenters. The van der Waals surface area contributed by atoms with Crippen LogP contribution in [0.1, 0.15) is 34.8 Å². The van der Waals surface area contributed by atoms with Crippen molar-refractivity contribution in [2.45, 2.75) is 13.3 Å². The summed E-state index contributed by atoms with van der Waals surface area (Å²) in [6.45, 7) is 2.13. The van der Waals surface area contributed by atoms with Crippen molar-refractivity contribution < 1.29 is 29.0 Å². The number of carbonyl (C=O) groups excluding carboxylic acids is 2. The summed E-state index contributed by atoms with van der Waals surface area (Å²) in [5.74, 6) is 1.21. The average molecular weight is 419 g/mol. The van der Waals surface area contributed by atoms with Crippen molar-refractivity contribution in [2.24, 2.45) is 0 Å². The van der Waals surface area contributed by atoms with Crippen LogP contribution in [0.4, 0.5) is 0 Å². The summed E-state index contributed by atoms with van der Waals surface area (Å²) in [5.41, 5.74) is 1.79. The Bertz CT molecular complexity index is 1100. The second-order valence-corrected chi connectivity index (χ2v) is 6.64. The SMILES string of the molecule is C#CCOc1ccc(/C=C2\C(=O)N(CCC(=O)O)C(=O)c3ccccc32)cc1OCC. The third-order valence-electron chi connectivity index (χ3n) is 4.61. The summed E-state index contributed by atoms with van der Waals surface area (Å²) in [7, 11) is 0. The Balaban J connectivity index is 2.05. The van der Waals surface area contributed by atoms with Gasteiger partial charge in [0.1, 0.15) is 6.61 Å². The fourth-order valence-corrected chi connectivity index (χ4v) is 3.24. The molecule has 2 amide bonds. The van der Waals surface area contributed by atoms with Crippen molar-refractivity contribution in [2.75, 3.05) is 19.8 Å². The molecule has 1 aliphatic rings. The van der Waals surface area contributed by atoms with E-state index in [1.54, 1.807) is 48.5 Å². The highest BCUT2D eigenvalue weighted by Crippen LogP contribution is 2.33. The van der Waals surface area contributed by atoms with E-state index in [0.717, 1.165) is 4.90 Å². The summed E-state index contributed by atoms with van der Waals surface area (Å²) in [6, 6.07) is 11.9. The first kappa shape index (κ1) is 21.7. The molecule has 0 fully saturated rings. The van der Waals surface area contributed by atoms with E-state index in [0.29, 0.717) is 40.4 Å². The molecule has 2 aromatic rings. The van der Waals surface area contributed by atoms with Crippen LogP contribution in [-0.2, 0) is 9.59 Å². The summed E-state index contributed by atoms with van der Waals surface area (Å²) in [4.78, 5) is 37.8. The fraction of sp³-hybridized carbons (Fsp3) is 0.208. The number of terminal acetylenes is 1. The van der Waals surface area contributed by atoms with Crippen molar-refractivity contribution in [3.63, 3.8) is 0 Å². The van der Waals surface area contributed by atoms with Gasteiger partial charge in [-0.25, -0.2) is 0 Å². The first-order valence-corrected chi connectivity index (χ1v) is 9.68. The molecule has 1 N–H and O–H groups in total. The monoisotopic (exact) mass is 419 g/mol. The molecule has 0 aliphatic carbocycles. The van der Waals surface area contributed by atoms with Crippen LogP contribution in [0.15, 0.2) is 42.5 Å². The third kappa shape index (κ3) is 4.75. The number of fused-ring (bicyclic) bond motifs is 1. The van der Waals surface area contributed by atoms with Crippen LogP contribution in [0.2, 0.25) is 0 Å². The van der Waals surface area contributed by atoms with Gasteiger partial charge in [0.2, 0.25) is 0 Å². The minimum absolute atomic E-state index is 0.0903. The number of benzene rings is 2.